The van der Waals surface area contributed by atoms with Crippen LogP contribution in [0.5, 0.6) is 0 Å². The number of hydrogen-bond donors (Lipinski definition) is 1. The van der Waals surface area contributed by atoms with E-state index < -0.39 is 0 Å². The number of nitrogens with one attached hydrogen (secondary N) is 1. The number of pyridine rings is 1. The molecule has 0 fully saturated rings. The third kappa shape index (κ3) is 3.90. The van der Waals surface area contributed by atoms with Gasteiger partial charge >= 0.3 is 0 Å². The van der Waals surface area contributed by atoms with Gasteiger partial charge in [0.15, 0.2) is 0 Å². The fraction of sp³-hybridized carbons (Fsp3) is 0.250. The van der Waals surface area contributed by atoms with Crippen molar-refractivity contribution in [1.29, 1.82) is 0 Å². The molecule has 3 nitrogen and oxygen atoms in total. The Kier molecular flexibility index (Phi) is 5.30. The summed E-state index contributed by atoms with van der Waals surface area (Å²) in [6, 6.07) is 11.5. The van der Waals surface area contributed by atoms with E-state index in [1.807, 2.05) is 18.2 Å². The number of rotatable bonds is 5. The first-order chi connectivity index (χ1) is 9.70. The van der Waals surface area contributed by atoms with E-state index in [1.165, 1.54) is 5.56 Å². The number of nitrogens with zero attached hydrogens (tertiary/aromatic N) is 1. The minimum Gasteiger partial charge on any atom is -0.347 e. The van der Waals surface area contributed by atoms with Crippen molar-refractivity contribution >= 4 is 21.8 Å². The average Bonchev–Trinajstić information content (AvgIpc) is 2.47. The summed E-state index contributed by atoms with van der Waals surface area (Å²) in [5.74, 6) is -0.143. The van der Waals surface area contributed by atoms with E-state index in [0.29, 0.717) is 12.2 Å². The number of halogens is 1. The summed E-state index contributed by atoms with van der Waals surface area (Å²) < 4.78 is 1.07. The average molecular weight is 333 g/mol. The lowest BCUT2D eigenvalue weighted by Crippen LogP contribution is -2.24. The molecule has 0 atom stereocenters. The predicted octanol–water partition coefficient (Wildman–Crippen LogP) is 3.73. The van der Waals surface area contributed by atoms with Crippen LogP contribution in [0.15, 0.2) is 47.1 Å². The van der Waals surface area contributed by atoms with E-state index in [-0.39, 0.29) is 5.91 Å². The normalized spacial score (nSPS) is 10.3. The molecule has 0 radical (unpaired) electrons. The molecule has 2 aromatic rings. The standard InChI is InChI=1S/C16H17BrN2O/c1-2-5-12-10-14(17)8-7-13(12)11-19-16(20)15-6-3-4-9-18-15/h3-4,6-10H,2,5,11H2,1H3,(H,19,20). The van der Waals surface area contributed by atoms with E-state index >= 15 is 0 Å². The fourth-order valence-electron chi connectivity index (χ4n) is 2.03. The molecule has 0 bridgehead atoms. The molecule has 1 N–H and O–H groups in total. The Morgan fingerprint density at radius 3 is 2.80 bits per heavy atom. The number of carbonyl (C=O) groups is 1. The Balaban J connectivity index is 2.05. The number of aromatic nitrogens is 1. The van der Waals surface area contributed by atoms with Gasteiger partial charge in [0.05, 0.1) is 0 Å². The quantitative estimate of drug-likeness (QED) is 0.906. The molecule has 1 aromatic heterocycles. The minimum atomic E-state index is -0.143. The van der Waals surface area contributed by atoms with Crippen molar-refractivity contribution in [1.82, 2.24) is 10.3 Å². The zero-order valence-electron chi connectivity index (χ0n) is 11.4. The van der Waals surface area contributed by atoms with Gasteiger partial charge < -0.3 is 5.32 Å². The molecule has 0 aliphatic carbocycles. The number of aryl methyl sites for hydroxylation is 1. The summed E-state index contributed by atoms with van der Waals surface area (Å²) in [6.07, 6.45) is 3.71. The van der Waals surface area contributed by atoms with Crippen molar-refractivity contribution in [2.45, 2.75) is 26.3 Å². The van der Waals surface area contributed by atoms with Crippen LogP contribution in [-0.2, 0) is 13.0 Å². The van der Waals surface area contributed by atoms with Gasteiger partial charge in [-0.05, 0) is 41.8 Å². The zero-order chi connectivity index (χ0) is 14.4. The monoisotopic (exact) mass is 332 g/mol. The second-order valence-corrected chi connectivity index (χ2v) is 5.48. The first kappa shape index (κ1) is 14.7. The van der Waals surface area contributed by atoms with Gasteiger partial charge in [-0.25, -0.2) is 0 Å². The molecular formula is C16H17BrN2O. The van der Waals surface area contributed by atoms with Crippen molar-refractivity contribution < 1.29 is 4.79 Å². The van der Waals surface area contributed by atoms with Crippen LogP contribution < -0.4 is 5.32 Å². The first-order valence-corrected chi connectivity index (χ1v) is 7.46. The molecule has 4 heteroatoms. The lowest BCUT2D eigenvalue weighted by molar-refractivity contribution is 0.0946. The summed E-state index contributed by atoms with van der Waals surface area (Å²) in [5, 5.41) is 2.92. The van der Waals surface area contributed by atoms with Crippen LogP contribution in [0.4, 0.5) is 0 Å². The van der Waals surface area contributed by atoms with E-state index in [9.17, 15) is 4.79 Å². The third-order valence-corrected chi connectivity index (χ3v) is 3.52. The molecule has 0 aliphatic rings. The summed E-state index contributed by atoms with van der Waals surface area (Å²) in [7, 11) is 0. The highest BCUT2D eigenvalue weighted by Gasteiger charge is 2.08. The van der Waals surface area contributed by atoms with Gasteiger partial charge in [0.1, 0.15) is 5.69 Å². The van der Waals surface area contributed by atoms with Gasteiger partial charge in [0.25, 0.3) is 5.91 Å². The van der Waals surface area contributed by atoms with Gasteiger partial charge in [0, 0.05) is 17.2 Å². The van der Waals surface area contributed by atoms with Gasteiger partial charge in [-0.2, -0.15) is 0 Å². The van der Waals surface area contributed by atoms with Gasteiger partial charge in [0.2, 0.25) is 0 Å². The van der Waals surface area contributed by atoms with E-state index in [0.717, 1.165) is 22.9 Å². The second kappa shape index (κ2) is 7.20. The van der Waals surface area contributed by atoms with Crippen molar-refractivity contribution in [2.24, 2.45) is 0 Å². The molecule has 0 aliphatic heterocycles. The maximum absolute atomic E-state index is 12.0. The van der Waals surface area contributed by atoms with Crippen LogP contribution in [0.3, 0.4) is 0 Å². The number of benzene rings is 1. The Morgan fingerprint density at radius 2 is 2.10 bits per heavy atom. The number of amides is 1. The Bertz CT molecular complexity index is 584. The SMILES string of the molecule is CCCc1cc(Br)ccc1CNC(=O)c1ccccn1. The molecule has 1 heterocycles. The van der Waals surface area contributed by atoms with Gasteiger partial charge in [-0.15, -0.1) is 0 Å². The van der Waals surface area contributed by atoms with Crippen LogP contribution >= 0.6 is 15.9 Å². The van der Waals surface area contributed by atoms with E-state index in [2.05, 4.69) is 39.2 Å². The van der Waals surface area contributed by atoms with Gasteiger partial charge in [-0.1, -0.05) is 41.4 Å². The zero-order valence-corrected chi connectivity index (χ0v) is 13.0. The van der Waals surface area contributed by atoms with E-state index in [1.54, 1.807) is 18.3 Å². The molecule has 104 valence electrons. The Morgan fingerprint density at radius 1 is 1.25 bits per heavy atom. The fourth-order valence-corrected chi connectivity index (χ4v) is 2.44. The van der Waals surface area contributed by atoms with Crippen molar-refractivity contribution in [2.75, 3.05) is 0 Å². The van der Waals surface area contributed by atoms with Crippen LogP contribution in [0.25, 0.3) is 0 Å². The van der Waals surface area contributed by atoms with E-state index in [4.69, 9.17) is 0 Å². The largest absolute Gasteiger partial charge is 0.347 e. The Labute approximate surface area is 127 Å². The van der Waals surface area contributed by atoms with Crippen LogP contribution in [0.2, 0.25) is 0 Å². The van der Waals surface area contributed by atoms with Crippen LogP contribution in [0.1, 0.15) is 35.0 Å². The minimum absolute atomic E-state index is 0.143. The molecule has 1 aromatic carbocycles. The highest BCUT2D eigenvalue weighted by Crippen LogP contribution is 2.18. The molecule has 0 saturated carbocycles. The lowest BCUT2D eigenvalue weighted by Gasteiger charge is -2.10. The number of carbonyl (C=O) groups excluding carboxylic acids is 1. The highest BCUT2D eigenvalue weighted by atomic mass is 79.9. The van der Waals surface area contributed by atoms with Crippen LogP contribution in [0, 0.1) is 0 Å². The second-order valence-electron chi connectivity index (χ2n) is 4.56. The summed E-state index contributed by atoms with van der Waals surface area (Å²) in [6.45, 7) is 2.68. The lowest BCUT2D eigenvalue weighted by atomic mass is 10.0. The third-order valence-electron chi connectivity index (χ3n) is 3.02. The molecule has 2 rings (SSSR count). The van der Waals surface area contributed by atoms with Crippen molar-refractivity contribution in [3.8, 4) is 0 Å². The topological polar surface area (TPSA) is 42.0 Å². The molecule has 0 unspecified atom stereocenters. The molecule has 1 amide bonds. The molecular weight excluding hydrogens is 316 g/mol. The van der Waals surface area contributed by atoms with Crippen LogP contribution in [-0.4, -0.2) is 10.9 Å². The maximum Gasteiger partial charge on any atom is 0.270 e. The maximum atomic E-state index is 12.0. The van der Waals surface area contributed by atoms with Crippen molar-refractivity contribution in [3.63, 3.8) is 0 Å². The molecule has 0 saturated heterocycles. The Hall–Kier alpha value is -1.68. The molecule has 0 spiro atoms. The summed E-state index contributed by atoms with van der Waals surface area (Å²) >= 11 is 3.49. The van der Waals surface area contributed by atoms with Crippen molar-refractivity contribution in [3.05, 3.63) is 63.9 Å². The predicted molar refractivity (Wildman–Crippen MR) is 83.5 cm³/mol. The number of hydrogen-bond acceptors (Lipinski definition) is 2. The summed E-state index contributed by atoms with van der Waals surface area (Å²) in [5.41, 5.74) is 2.86. The smallest absolute Gasteiger partial charge is 0.270 e. The van der Waals surface area contributed by atoms with Gasteiger partial charge in [-0.3, -0.25) is 9.78 Å². The summed E-state index contributed by atoms with van der Waals surface area (Å²) in [4.78, 5) is 16.0. The highest BCUT2D eigenvalue weighted by molar-refractivity contribution is 9.10. The first-order valence-electron chi connectivity index (χ1n) is 6.67. The molecule has 20 heavy (non-hydrogen) atoms.